The number of nitrogens with zero attached hydrogens (tertiary/aromatic N) is 2. The third-order valence-corrected chi connectivity index (χ3v) is 6.34. The standard InChI is InChI=1S/C13H23N3O2S2/c1-10(2)16-9-11(8-14-16)20(17,18)15-12-6-4-5-7-13(12)19-3/h8-10,12-13,15H,4-7H2,1-3H3/t12-,13+/m0/s1. The maximum Gasteiger partial charge on any atom is 0.243 e. The van der Waals surface area contributed by atoms with E-state index in [9.17, 15) is 8.42 Å². The average molecular weight is 317 g/mol. The van der Waals surface area contributed by atoms with Gasteiger partial charge in [-0.25, -0.2) is 13.1 Å². The Labute approximate surface area is 125 Å². The van der Waals surface area contributed by atoms with E-state index in [0.29, 0.717) is 5.25 Å². The van der Waals surface area contributed by atoms with Crippen LogP contribution in [0.3, 0.4) is 0 Å². The van der Waals surface area contributed by atoms with Crippen molar-refractivity contribution in [2.45, 2.75) is 61.8 Å². The van der Waals surface area contributed by atoms with Crippen LogP contribution < -0.4 is 4.72 Å². The molecule has 0 radical (unpaired) electrons. The quantitative estimate of drug-likeness (QED) is 0.906. The number of thioether (sulfide) groups is 1. The van der Waals surface area contributed by atoms with Gasteiger partial charge in [-0.05, 0) is 32.9 Å². The fraction of sp³-hybridized carbons (Fsp3) is 0.769. The van der Waals surface area contributed by atoms with Crippen molar-refractivity contribution in [1.82, 2.24) is 14.5 Å². The fourth-order valence-corrected chi connectivity index (χ4v) is 4.79. The number of hydrogen-bond acceptors (Lipinski definition) is 4. The van der Waals surface area contributed by atoms with E-state index in [1.54, 1.807) is 22.6 Å². The SMILES string of the molecule is CS[C@@H]1CCCC[C@@H]1NS(=O)(=O)c1cnn(C(C)C)c1. The average Bonchev–Trinajstić information content (AvgIpc) is 2.89. The number of nitrogens with one attached hydrogen (secondary N) is 1. The summed E-state index contributed by atoms with van der Waals surface area (Å²) in [6, 6.07) is 0.193. The van der Waals surface area contributed by atoms with Gasteiger partial charge in [-0.2, -0.15) is 16.9 Å². The molecule has 1 N–H and O–H groups in total. The van der Waals surface area contributed by atoms with Crippen molar-refractivity contribution in [3.63, 3.8) is 0 Å². The molecule has 0 bridgehead atoms. The maximum atomic E-state index is 12.4. The predicted octanol–water partition coefficient (Wildman–Crippen LogP) is 2.42. The summed E-state index contributed by atoms with van der Waals surface area (Å²) in [6.07, 6.45) is 9.37. The molecule has 1 aliphatic carbocycles. The van der Waals surface area contributed by atoms with E-state index < -0.39 is 10.0 Å². The lowest BCUT2D eigenvalue weighted by Crippen LogP contribution is -2.43. The van der Waals surface area contributed by atoms with E-state index in [-0.39, 0.29) is 17.0 Å². The minimum Gasteiger partial charge on any atom is -0.269 e. The Balaban J connectivity index is 2.13. The molecular weight excluding hydrogens is 294 g/mol. The van der Waals surface area contributed by atoms with E-state index >= 15 is 0 Å². The third-order valence-electron chi connectivity index (χ3n) is 3.73. The van der Waals surface area contributed by atoms with Crippen LogP contribution in [0, 0.1) is 0 Å². The fourth-order valence-electron chi connectivity index (χ4n) is 2.52. The second-order valence-corrected chi connectivity index (χ2v) is 8.33. The van der Waals surface area contributed by atoms with Crippen molar-refractivity contribution in [3.05, 3.63) is 12.4 Å². The highest BCUT2D eigenvalue weighted by Crippen LogP contribution is 2.28. The maximum absolute atomic E-state index is 12.4. The zero-order chi connectivity index (χ0) is 14.8. The van der Waals surface area contributed by atoms with Gasteiger partial charge >= 0.3 is 0 Å². The van der Waals surface area contributed by atoms with Crippen LogP contribution in [0.1, 0.15) is 45.6 Å². The number of rotatable bonds is 5. The second kappa shape index (κ2) is 6.49. The molecule has 1 aromatic rings. The first kappa shape index (κ1) is 15.9. The Morgan fingerprint density at radius 3 is 2.70 bits per heavy atom. The Kier molecular flexibility index (Phi) is 5.14. The van der Waals surface area contributed by atoms with E-state index in [0.717, 1.165) is 19.3 Å². The van der Waals surface area contributed by atoms with Crippen LogP contribution in [0.2, 0.25) is 0 Å². The smallest absolute Gasteiger partial charge is 0.243 e. The van der Waals surface area contributed by atoms with Crippen molar-refractivity contribution in [1.29, 1.82) is 0 Å². The van der Waals surface area contributed by atoms with Crippen LogP contribution in [0.5, 0.6) is 0 Å². The minimum atomic E-state index is -3.46. The molecule has 0 unspecified atom stereocenters. The monoisotopic (exact) mass is 317 g/mol. The van der Waals surface area contributed by atoms with Crippen LogP contribution in [0.25, 0.3) is 0 Å². The highest BCUT2D eigenvalue weighted by atomic mass is 32.2. The van der Waals surface area contributed by atoms with Crippen molar-refractivity contribution < 1.29 is 8.42 Å². The van der Waals surface area contributed by atoms with Crippen molar-refractivity contribution in [3.8, 4) is 0 Å². The summed E-state index contributed by atoms with van der Waals surface area (Å²) >= 11 is 1.75. The van der Waals surface area contributed by atoms with Gasteiger partial charge in [0.1, 0.15) is 4.90 Å². The highest BCUT2D eigenvalue weighted by molar-refractivity contribution is 7.99. The molecule has 1 fully saturated rings. The summed E-state index contributed by atoms with van der Waals surface area (Å²) < 4.78 is 29.4. The minimum absolute atomic E-state index is 0.0335. The Morgan fingerprint density at radius 2 is 2.10 bits per heavy atom. The topological polar surface area (TPSA) is 64.0 Å². The lowest BCUT2D eigenvalue weighted by atomic mass is 9.96. The Bertz CT molecular complexity index is 540. The molecular formula is C13H23N3O2S2. The molecule has 0 aromatic carbocycles. The van der Waals surface area contributed by atoms with Gasteiger partial charge in [0, 0.05) is 23.5 Å². The molecule has 1 saturated carbocycles. The van der Waals surface area contributed by atoms with Crippen molar-refractivity contribution in [2.24, 2.45) is 0 Å². The van der Waals surface area contributed by atoms with Gasteiger partial charge in [0.05, 0.1) is 6.20 Å². The summed E-state index contributed by atoms with van der Waals surface area (Å²) in [5, 5.41) is 4.48. The molecule has 114 valence electrons. The largest absolute Gasteiger partial charge is 0.269 e. The zero-order valence-corrected chi connectivity index (χ0v) is 13.9. The summed E-state index contributed by atoms with van der Waals surface area (Å²) in [7, 11) is -3.46. The van der Waals surface area contributed by atoms with Crippen LogP contribution in [0.4, 0.5) is 0 Å². The van der Waals surface area contributed by atoms with Crippen LogP contribution in [-0.4, -0.2) is 35.7 Å². The van der Waals surface area contributed by atoms with Gasteiger partial charge in [0.25, 0.3) is 0 Å². The molecule has 0 spiro atoms. The summed E-state index contributed by atoms with van der Waals surface area (Å²) in [5.74, 6) is 0. The third kappa shape index (κ3) is 3.56. The molecule has 5 nitrogen and oxygen atoms in total. The van der Waals surface area contributed by atoms with E-state index in [2.05, 4.69) is 9.82 Å². The van der Waals surface area contributed by atoms with Gasteiger partial charge in [0.2, 0.25) is 10.0 Å². The van der Waals surface area contributed by atoms with Crippen LogP contribution in [0.15, 0.2) is 17.3 Å². The first-order valence-corrected chi connectivity index (χ1v) is 9.80. The number of sulfonamides is 1. The normalized spacial score (nSPS) is 24.2. The van der Waals surface area contributed by atoms with Gasteiger partial charge in [0.15, 0.2) is 0 Å². The summed E-state index contributed by atoms with van der Waals surface area (Å²) in [5.41, 5.74) is 0. The molecule has 1 aliphatic rings. The first-order chi connectivity index (χ1) is 9.44. The van der Waals surface area contributed by atoms with Gasteiger partial charge in [-0.15, -0.1) is 0 Å². The molecule has 20 heavy (non-hydrogen) atoms. The molecule has 1 heterocycles. The van der Waals surface area contributed by atoms with Crippen LogP contribution in [-0.2, 0) is 10.0 Å². The summed E-state index contributed by atoms with van der Waals surface area (Å²) in [6.45, 7) is 3.95. The lowest BCUT2D eigenvalue weighted by molar-refractivity contribution is 0.423. The second-order valence-electron chi connectivity index (χ2n) is 5.54. The summed E-state index contributed by atoms with van der Waals surface area (Å²) in [4.78, 5) is 0.261. The Morgan fingerprint density at radius 1 is 1.40 bits per heavy atom. The number of aromatic nitrogens is 2. The van der Waals surface area contributed by atoms with E-state index in [1.807, 2.05) is 20.1 Å². The molecule has 2 atom stereocenters. The lowest BCUT2D eigenvalue weighted by Gasteiger charge is -2.30. The number of hydrogen-bond donors (Lipinski definition) is 1. The van der Waals surface area contributed by atoms with Crippen molar-refractivity contribution >= 4 is 21.8 Å². The van der Waals surface area contributed by atoms with Crippen LogP contribution >= 0.6 is 11.8 Å². The molecule has 0 aliphatic heterocycles. The molecule has 1 aromatic heterocycles. The predicted molar refractivity (Wildman–Crippen MR) is 82.5 cm³/mol. The first-order valence-electron chi connectivity index (χ1n) is 7.03. The molecule has 0 amide bonds. The van der Waals surface area contributed by atoms with E-state index in [4.69, 9.17) is 0 Å². The van der Waals surface area contributed by atoms with Gasteiger partial charge in [-0.3, -0.25) is 4.68 Å². The van der Waals surface area contributed by atoms with E-state index in [1.165, 1.54) is 12.6 Å². The molecule has 0 saturated heterocycles. The molecule has 7 heteroatoms. The van der Waals surface area contributed by atoms with Gasteiger partial charge < -0.3 is 0 Å². The highest BCUT2D eigenvalue weighted by Gasteiger charge is 2.29. The van der Waals surface area contributed by atoms with Crippen molar-refractivity contribution in [2.75, 3.05) is 6.26 Å². The zero-order valence-electron chi connectivity index (χ0n) is 12.2. The van der Waals surface area contributed by atoms with Gasteiger partial charge in [-0.1, -0.05) is 12.8 Å². The molecule has 2 rings (SSSR count). The Hall–Kier alpha value is -0.530.